The Bertz CT molecular complexity index is 794. The van der Waals surface area contributed by atoms with Crippen LogP contribution < -0.4 is 16.0 Å². The Kier molecular flexibility index (Phi) is 10.4. The summed E-state index contributed by atoms with van der Waals surface area (Å²) >= 11 is 0. The van der Waals surface area contributed by atoms with Crippen LogP contribution in [0.15, 0.2) is 24.3 Å². The molecule has 0 heterocycles. The van der Waals surface area contributed by atoms with Crippen LogP contribution in [-0.2, 0) is 14.4 Å². The molecule has 1 aromatic rings. The molecule has 6 N–H and O–H groups in total. The molecule has 0 aliphatic carbocycles. The fourth-order valence-corrected chi connectivity index (χ4v) is 2.57. The molecule has 0 saturated carbocycles. The first-order valence-corrected chi connectivity index (χ1v) is 9.54. The minimum absolute atomic E-state index is 0.0572. The molecule has 1 rings (SSSR count). The highest BCUT2D eigenvalue weighted by Gasteiger charge is 2.24. The summed E-state index contributed by atoms with van der Waals surface area (Å²) in [6.45, 7) is 4.04. The van der Waals surface area contributed by atoms with Crippen molar-refractivity contribution >= 4 is 29.8 Å². The van der Waals surface area contributed by atoms with Crippen LogP contribution in [-0.4, -0.2) is 63.8 Å². The van der Waals surface area contributed by atoms with Crippen LogP contribution >= 0.6 is 0 Å². The largest absolute Gasteiger partial charge is 0.481 e. The molecule has 1 aromatic carbocycles. The van der Waals surface area contributed by atoms with E-state index in [1.54, 1.807) is 24.3 Å². The Balaban J connectivity index is 2.41. The van der Waals surface area contributed by atoms with Gasteiger partial charge in [-0.25, -0.2) is 14.4 Å². The van der Waals surface area contributed by atoms with Crippen molar-refractivity contribution in [2.75, 3.05) is 6.54 Å². The van der Waals surface area contributed by atoms with Gasteiger partial charge in [-0.2, -0.15) is 0 Å². The van der Waals surface area contributed by atoms with Gasteiger partial charge < -0.3 is 31.3 Å². The molecule has 11 heteroatoms. The van der Waals surface area contributed by atoms with Gasteiger partial charge in [0.15, 0.2) is 0 Å². The van der Waals surface area contributed by atoms with E-state index in [-0.39, 0.29) is 18.7 Å². The van der Waals surface area contributed by atoms with E-state index in [1.807, 2.05) is 0 Å². The van der Waals surface area contributed by atoms with Crippen LogP contribution in [0, 0.1) is 6.92 Å². The Hall–Kier alpha value is -3.76. The van der Waals surface area contributed by atoms with Crippen molar-refractivity contribution in [1.29, 1.82) is 0 Å². The number of rotatable bonds is 13. The second kappa shape index (κ2) is 12.7. The third-order valence-corrected chi connectivity index (χ3v) is 4.27. The summed E-state index contributed by atoms with van der Waals surface area (Å²) in [5.74, 6) is -4.22. The number of carboxylic acids is 3. The van der Waals surface area contributed by atoms with Crippen molar-refractivity contribution in [2.24, 2.45) is 0 Å². The maximum absolute atomic E-state index is 12.0. The van der Waals surface area contributed by atoms with E-state index in [4.69, 9.17) is 10.2 Å². The molecule has 0 spiro atoms. The predicted octanol–water partition coefficient (Wildman–Crippen LogP) is 0.839. The van der Waals surface area contributed by atoms with Crippen LogP contribution in [0.3, 0.4) is 0 Å². The van der Waals surface area contributed by atoms with Gasteiger partial charge in [0.2, 0.25) is 0 Å². The topological polar surface area (TPSA) is 182 Å². The first-order valence-electron chi connectivity index (χ1n) is 9.54. The fourth-order valence-electron chi connectivity index (χ4n) is 2.57. The van der Waals surface area contributed by atoms with Crippen molar-refractivity contribution in [1.82, 2.24) is 16.0 Å². The number of hydrogen-bond acceptors (Lipinski definition) is 5. The van der Waals surface area contributed by atoms with Crippen molar-refractivity contribution in [3.05, 3.63) is 42.3 Å². The van der Waals surface area contributed by atoms with Gasteiger partial charge in [0.1, 0.15) is 17.6 Å². The number of carbonyl (C=O) groups excluding carboxylic acids is 2. The molecule has 0 radical (unpaired) electrons. The molecule has 3 amide bonds. The second-order valence-electron chi connectivity index (χ2n) is 6.78. The molecule has 2 unspecified atom stereocenters. The lowest BCUT2D eigenvalue weighted by Crippen LogP contribution is -2.51. The Labute approximate surface area is 178 Å². The summed E-state index contributed by atoms with van der Waals surface area (Å²) in [5.41, 5.74) is 1.26. The van der Waals surface area contributed by atoms with E-state index in [0.717, 1.165) is 5.56 Å². The van der Waals surface area contributed by atoms with Gasteiger partial charge in [0.05, 0.1) is 5.56 Å². The van der Waals surface area contributed by atoms with E-state index in [0.29, 0.717) is 24.9 Å². The standard InChI is InChI=1S/C20H25N3O8/c1-12-5-7-13(8-6-12)17(26)21-11-3-2-4-14(18(27)28)22-20(31)23-15(19(29)30)9-10-16(24)25/h5-8,14-15H,1-4,9-11H2,(H5-,21,22,23,24,25,26,27,28,29,30,31)/p+1. The molecule has 0 fully saturated rings. The number of benzene rings is 1. The van der Waals surface area contributed by atoms with E-state index < -0.39 is 42.4 Å². The summed E-state index contributed by atoms with van der Waals surface area (Å²) in [5, 5.41) is 33.8. The Morgan fingerprint density at radius 3 is 1.90 bits per heavy atom. The summed E-state index contributed by atoms with van der Waals surface area (Å²) in [6.07, 6.45) is 0.0822. The maximum Gasteiger partial charge on any atom is 0.326 e. The third kappa shape index (κ3) is 10.0. The highest BCUT2D eigenvalue weighted by Crippen LogP contribution is 2.05. The predicted molar refractivity (Wildman–Crippen MR) is 108 cm³/mol. The number of hydrogen-bond donors (Lipinski definition) is 6. The molecule has 31 heavy (non-hydrogen) atoms. The second-order valence-corrected chi connectivity index (χ2v) is 6.78. The average Bonchev–Trinajstić information content (AvgIpc) is 2.69. The van der Waals surface area contributed by atoms with Crippen molar-refractivity contribution in [3.63, 3.8) is 0 Å². The molecule has 0 bridgehead atoms. The van der Waals surface area contributed by atoms with Crippen molar-refractivity contribution < 1.29 is 39.3 Å². The highest BCUT2D eigenvalue weighted by atomic mass is 16.4. The van der Waals surface area contributed by atoms with E-state index in [2.05, 4.69) is 22.9 Å². The van der Waals surface area contributed by atoms with Crippen LogP contribution in [0.1, 0.15) is 48.0 Å². The quantitative estimate of drug-likeness (QED) is 0.194. The molecule has 11 nitrogen and oxygen atoms in total. The first kappa shape index (κ1) is 25.3. The Morgan fingerprint density at radius 1 is 0.839 bits per heavy atom. The van der Waals surface area contributed by atoms with Crippen LogP contribution in [0.2, 0.25) is 0 Å². The SMILES string of the molecule is [CH2+]c1ccc(C(=O)NCCCCC(NC(=O)NC(CCC(=O)O)C(=O)O)C(=O)O)cc1. The zero-order valence-corrected chi connectivity index (χ0v) is 16.8. The summed E-state index contributed by atoms with van der Waals surface area (Å²) in [6, 6.07) is 2.95. The van der Waals surface area contributed by atoms with E-state index in [9.17, 15) is 29.1 Å². The minimum Gasteiger partial charge on any atom is -0.481 e. The molecular formula is C20H26N3O8+. The van der Waals surface area contributed by atoms with Gasteiger partial charge in [0, 0.05) is 44.2 Å². The van der Waals surface area contributed by atoms with Crippen LogP contribution in [0.4, 0.5) is 4.79 Å². The van der Waals surface area contributed by atoms with Gasteiger partial charge in [-0.3, -0.25) is 9.59 Å². The Morgan fingerprint density at radius 2 is 1.39 bits per heavy atom. The van der Waals surface area contributed by atoms with Crippen LogP contribution in [0.25, 0.3) is 0 Å². The summed E-state index contributed by atoms with van der Waals surface area (Å²) in [7, 11) is 0. The summed E-state index contributed by atoms with van der Waals surface area (Å²) < 4.78 is 0. The molecule has 0 aliphatic rings. The number of aliphatic carboxylic acids is 3. The molecule has 0 aliphatic heterocycles. The van der Waals surface area contributed by atoms with E-state index in [1.165, 1.54) is 0 Å². The van der Waals surface area contributed by atoms with Gasteiger partial charge in [-0.05, 0) is 25.7 Å². The average molecular weight is 436 g/mol. The third-order valence-electron chi connectivity index (χ3n) is 4.27. The number of amides is 3. The lowest BCUT2D eigenvalue weighted by molar-refractivity contribution is -0.140. The van der Waals surface area contributed by atoms with Crippen LogP contribution in [0.5, 0.6) is 0 Å². The van der Waals surface area contributed by atoms with Gasteiger partial charge >= 0.3 is 23.9 Å². The molecule has 168 valence electrons. The molecule has 2 atom stereocenters. The number of unbranched alkanes of at least 4 members (excludes halogenated alkanes) is 1. The number of carboxylic acid groups (broad SMARTS) is 3. The number of carbonyl (C=O) groups is 5. The number of urea groups is 1. The van der Waals surface area contributed by atoms with Crippen molar-refractivity contribution in [2.45, 2.75) is 44.2 Å². The van der Waals surface area contributed by atoms with Gasteiger partial charge in [0.25, 0.3) is 5.91 Å². The molecular weight excluding hydrogens is 410 g/mol. The lowest BCUT2D eigenvalue weighted by atomic mass is 10.1. The first-order chi connectivity index (χ1) is 14.6. The zero-order valence-electron chi connectivity index (χ0n) is 16.8. The maximum atomic E-state index is 12.0. The lowest BCUT2D eigenvalue weighted by Gasteiger charge is -2.18. The summed E-state index contributed by atoms with van der Waals surface area (Å²) in [4.78, 5) is 56.9. The van der Waals surface area contributed by atoms with Crippen molar-refractivity contribution in [3.8, 4) is 0 Å². The minimum atomic E-state index is -1.46. The smallest absolute Gasteiger partial charge is 0.326 e. The normalized spacial score (nSPS) is 12.3. The highest BCUT2D eigenvalue weighted by molar-refractivity contribution is 5.94. The number of nitrogens with one attached hydrogen (secondary N) is 3. The van der Waals surface area contributed by atoms with E-state index >= 15 is 0 Å². The van der Waals surface area contributed by atoms with Gasteiger partial charge in [-0.15, -0.1) is 0 Å². The molecule has 0 saturated heterocycles. The fraction of sp³-hybridized carbons (Fsp3) is 0.400. The monoisotopic (exact) mass is 436 g/mol. The zero-order chi connectivity index (χ0) is 23.4. The van der Waals surface area contributed by atoms with Gasteiger partial charge in [-0.1, -0.05) is 0 Å². The molecule has 0 aromatic heterocycles.